The molecule has 2 aromatic heterocycles. The van der Waals surface area contributed by atoms with Gasteiger partial charge in [-0.05, 0) is 81.4 Å². The third-order valence-electron chi connectivity index (χ3n) is 11.5. The summed E-state index contributed by atoms with van der Waals surface area (Å²) in [5, 5.41) is 4.33. The summed E-state index contributed by atoms with van der Waals surface area (Å²) in [6, 6.07) is 65.9. The van der Waals surface area contributed by atoms with E-state index in [2.05, 4.69) is 72.8 Å². The third kappa shape index (κ3) is 8.28. The number of aromatic nitrogens is 4. The molecule has 312 valence electrons. The smallest absolute Gasteiger partial charge is 0.179 e. The lowest BCUT2D eigenvalue weighted by Gasteiger charge is -2.35. The quantitative estimate of drug-likeness (QED) is 0.0781. The highest BCUT2D eigenvalue weighted by Gasteiger charge is 2.42. The van der Waals surface area contributed by atoms with Crippen LogP contribution < -0.4 is 20.7 Å². The minimum Gasteiger partial charge on any atom is -0.228 e. The maximum atomic E-state index is 14.7. The Morgan fingerprint density at radius 1 is 0.246 bits per heavy atom. The largest absolute Gasteiger partial charge is 0.228 e. The summed E-state index contributed by atoms with van der Waals surface area (Å²) < 4.78 is 58.6. The Balaban J connectivity index is 1.20. The second kappa shape index (κ2) is 17.6. The van der Waals surface area contributed by atoms with Crippen LogP contribution in [-0.4, -0.2) is 28.0 Å². The summed E-state index contributed by atoms with van der Waals surface area (Å²) >= 11 is 0. The lowest BCUT2D eigenvalue weighted by molar-refractivity contribution is 0.627. The predicted molar refractivity (Wildman–Crippen MR) is 254 cm³/mol. The van der Waals surface area contributed by atoms with Gasteiger partial charge in [0, 0.05) is 33.4 Å². The fourth-order valence-corrected chi connectivity index (χ4v) is 13.3. The summed E-state index contributed by atoms with van der Waals surface area (Å²) in [5.41, 5.74) is 5.79. The van der Waals surface area contributed by atoms with E-state index in [1.54, 1.807) is 48.5 Å². The molecule has 0 unspecified atom stereocenters. The van der Waals surface area contributed by atoms with E-state index in [0.29, 0.717) is 56.7 Å². The van der Waals surface area contributed by atoms with Crippen LogP contribution in [0, 0.1) is 23.3 Å². The van der Waals surface area contributed by atoms with Gasteiger partial charge in [0.25, 0.3) is 0 Å². The molecular formula is C56H36F4N4Si. The minimum atomic E-state index is -3.25. The fraction of sp³-hybridized carbons (Fsp3) is 0. The minimum absolute atomic E-state index is 0.300. The Hall–Kier alpha value is -8.14. The van der Waals surface area contributed by atoms with E-state index in [0.717, 1.165) is 31.9 Å². The lowest BCUT2D eigenvalue weighted by atomic mass is 10.1. The molecule has 65 heavy (non-hydrogen) atoms. The molecule has 0 aliphatic heterocycles. The number of benzene rings is 8. The molecule has 0 atom stereocenters. The highest BCUT2D eigenvalue weighted by Crippen LogP contribution is 2.31. The number of rotatable bonds is 10. The van der Waals surface area contributed by atoms with Crippen molar-refractivity contribution in [1.82, 2.24) is 19.9 Å². The molecule has 0 fully saturated rings. The van der Waals surface area contributed by atoms with Crippen molar-refractivity contribution < 1.29 is 17.6 Å². The van der Waals surface area contributed by atoms with Gasteiger partial charge in [-0.15, -0.1) is 0 Å². The van der Waals surface area contributed by atoms with Gasteiger partial charge in [-0.3, -0.25) is 0 Å². The average molecular weight is 869 g/mol. The van der Waals surface area contributed by atoms with Crippen molar-refractivity contribution in [2.45, 2.75) is 0 Å². The zero-order chi connectivity index (χ0) is 44.3. The SMILES string of the molecule is Fc1cccc(-c2cc(-c3cccc([Si](c4ccccc4)(c4ccccc4)c4cccc(-c5cc(-c6cccc(F)c6)nc(-c6cccc(F)c6)n5)c4)c3)nc(-c3cccc(F)c3)n2)c1. The Kier molecular flexibility index (Phi) is 11.0. The van der Waals surface area contributed by atoms with E-state index >= 15 is 0 Å². The first-order chi connectivity index (χ1) is 31.8. The summed E-state index contributed by atoms with van der Waals surface area (Å²) in [5.74, 6) is -1.06. The molecule has 0 aliphatic rings. The van der Waals surface area contributed by atoms with Gasteiger partial charge in [-0.25, -0.2) is 37.5 Å². The van der Waals surface area contributed by atoms with E-state index in [9.17, 15) is 17.6 Å². The summed E-state index contributed by atoms with van der Waals surface area (Å²) in [6.07, 6.45) is 0. The molecule has 9 heteroatoms. The van der Waals surface area contributed by atoms with E-state index in [1.165, 1.54) is 48.5 Å². The van der Waals surface area contributed by atoms with Crippen LogP contribution in [0.15, 0.2) is 218 Å². The van der Waals surface area contributed by atoms with Gasteiger partial charge >= 0.3 is 0 Å². The van der Waals surface area contributed by atoms with Crippen molar-refractivity contribution in [3.8, 4) is 67.8 Å². The van der Waals surface area contributed by atoms with Gasteiger partial charge in [0.1, 0.15) is 23.3 Å². The van der Waals surface area contributed by atoms with Crippen molar-refractivity contribution in [3.05, 3.63) is 242 Å². The van der Waals surface area contributed by atoms with Gasteiger partial charge in [0.05, 0.1) is 22.8 Å². The normalized spacial score (nSPS) is 11.4. The first-order valence-electron chi connectivity index (χ1n) is 20.9. The lowest BCUT2D eigenvalue weighted by Crippen LogP contribution is -2.74. The number of nitrogens with zero attached hydrogens (tertiary/aromatic N) is 4. The van der Waals surface area contributed by atoms with E-state index in [-0.39, 0.29) is 0 Å². The highest BCUT2D eigenvalue weighted by atomic mass is 28.3. The van der Waals surface area contributed by atoms with E-state index in [4.69, 9.17) is 19.9 Å². The number of hydrogen-bond acceptors (Lipinski definition) is 4. The Morgan fingerprint density at radius 2 is 0.523 bits per heavy atom. The average Bonchev–Trinajstić information content (AvgIpc) is 3.35. The highest BCUT2D eigenvalue weighted by molar-refractivity contribution is 7.20. The molecule has 0 spiro atoms. The van der Waals surface area contributed by atoms with Gasteiger partial charge in [-0.2, -0.15) is 0 Å². The molecular weight excluding hydrogens is 833 g/mol. The third-order valence-corrected chi connectivity index (χ3v) is 16.2. The van der Waals surface area contributed by atoms with E-state index < -0.39 is 31.3 Å². The van der Waals surface area contributed by atoms with Gasteiger partial charge in [-0.1, -0.05) is 158 Å². The zero-order valence-electron chi connectivity index (χ0n) is 34.6. The van der Waals surface area contributed by atoms with Gasteiger partial charge in [0.15, 0.2) is 19.7 Å². The van der Waals surface area contributed by atoms with Crippen LogP contribution in [0.3, 0.4) is 0 Å². The molecule has 0 radical (unpaired) electrons. The standard InChI is InChI=1S/C56H36F4N4Si/c57-43-19-7-13-37(29-43)51-35-53(63-55(61-51)41-17-9-21-45(59)31-41)39-15-11-27-49(33-39)65(47-23-3-1-4-24-47,48-25-5-2-6-26-48)50-28-12-16-40(34-50)54-36-52(38-14-8-20-44(58)30-38)62-56(64-54)42-18-10-22-46(60)32-42/h1-36H. The van der Waals surface area contributed by atoms with Crippen LogP contribution in [0.25, 0.3) is 67.8 Å². The Morgan fingerprint density at radius 3 is 0.862 bits per heavy atom. The van der Waals surface area contributed by atoms with E-state index in [1.807, 2.05) is 48.5 Å². The van der Waals surface area contributed by atoms with Gasteiger partial charge in [0.2, 0.25) is 0 Å². The maximum absolute atomic E-state index is 14.7. The Labute approximate surface area is 374 Å². The number of halogens is 4. The van der Waals surface area contributed by atoms with Crippen molar-refractivity contribution in [1.29, 1.82) is 0 Å². The first-order valence-corrected chi connectivity index (χ1v) is 22.9. The predicted octanol–water partition coefficient (Wildman–Crippen LogP) is 11.2. The molecule has 0 aliphatic carbocycles. The summed E-state index contributed by atoms with van der Waals surface area (Å²) in [6.45, 7) is 0. The zero-order valence-corrected chi connectivity index (χ0v) is 35.6. The monoisotopic (exact) mass is 868 g/mol. The molecule has 2 heterocycles. The van der Waals surface area contributed by atoms with Crippen molar-refractivity contribution in [2.24, 2.45) is 0 Å². The Bertz CT molecular complexity index is 3000. The second-order valence-corrected chi connectivity index (χ2v) is 19.4. The van der Waals surface area contributed by atoms with Crippen molar-refractivity contribution in [2.75, 3.05) is 0 Å². The molecule has 0 bridgehead atoms. The molecule has 10 rings (SSSR count). The van der Waals surface area contributed by atoms with Crippen LogP contribution in [0.4, 0.5) is 17.6 Å². The summed E-state index contributed by atoms with van der Waals surface area (Å²) in [7, 11) is -3.25. The molecule has 10 aromatic rings. The second-order valence-electron chi connectivity index (χ2n) is 15.6. The maximum Gasteiger partial charge on any atom is 0.179 e. The van der Waals surface area contributed by atoms with Crippen LogP contribution in [0.1, 0.15) is 0 Å². The van der Waals surface area contributed by atoms with Crippen LogP contribution >= 0.6 is 0 Å². The molecule has 0 saturated carbocycles. The van der Waals surface area contributed by atoms with Crippen LogP contribution in [0.5, 0.6) is 0 Å². The summed E-state index contributed by atoms with van der Waals surface area (Å²) in [4.78, 5) is 19.7. The molecule has 0 amide bonds. The van der Waals surface area contributed by atoms with Crippen molar-refractivity contribution in [3.63, 3.8) is 0 Å². The first kappa shape index (κ1) is 40.9. The molecule has 0 N–H and O–H groups in total. The van der Waals surface area contributed by atoms with Crippen molar-refractivity contribution >= 4 is 28.8 Å². The molecule has 4 nitrogen and oxygen atoms in total. The topological polar surface area (TPSA) is 51.6 Å². The van der Waals surface area contributed by atoms with Crippen LogP contribution in [-0.2, 0) is 0 Å². The van der Waals surface area contributed by atoms with Gasteiger partial charge < -0.3 is 0 Å². The molecule has 8 aromatic carbocycles. The number of hydrogen-bond donors (Lipinski definition) is 0. The van der Waals surface area contributed by atoms with Crippen LogP contribution in [0.2, 0.25) is 0 Å². The molecule has 0 saturated heterocycles. The fourth-order valence-electron chi connectivity index (χ4n) is 8.49.